The fourth-order valence-electron chi connectivity index (χ4n) is 1.77. The summed E-state index contributed by atoms with van der Waals surface area (Å²) < 4.78 is 0. The van der Waals surface area contributed by atoms with Crippen LogP contribution in [-0.4, -0.2) is 11.2 Å². The van der Waals surface area contributed by atoms with Gasteiger partial charge in [-0.25, -0.2) is 0 Å². The topological polar surface area (TPSA) is 20.2 Å². The molecule has 0 amide bonds. The first-order valence-electron chi connectivity index (χ1n) is 4.04. The molecule has 0 aliphatic heterocycles. The lowest BCUT2D eigenvalue weighted by Crippen LogP contribution is -2.14. The quantitative estimate of drug-likeness (QED) is 0.581. The van der Waals surface area contributed by atoms with Crippen LogP contribution in [0.4, 0.5) is 0 Å². The first-order valence-corrected chi connectivity index (χ1v) is 4.04. The van der Waals surface area contributed by atoms with E-state index in [-0.39, 0.29) is 6.10 Å². The van der Waals surface area contributed by atoms with E-state index in [4.69, 9.17) is 0 Å². The van der Waals surface area contributed by atoms with Crippen LogP contribution in [0.5, 0.6) is 0 Å². The summed E-state index contributed by atoms with van der Waals surface area (Å²) in [5, 5.41) is 9.36. The third kappa shape index (κ3) is 1.40. The molecule has 0 spiro atoms. The van der Waals surface area contributed by atoms with E-state index in [0.29, 0.717) is 11.8 Å². The van der Waals surface area contributed by atoms with Gasteiger partial charge < -0.3 is 5.11 Å². The highest BCUT2D eigenvalue weighted by Gasteiger charge is 2.29. The average Bonchev–Trinajstić information content (AvgIpc) is 2.20. The molecule has 1 fully saturated rings. The molecule has 58 valence electrons. The van der Waals surface area contributed by atoms with Crippen LogP contribution >= 0.6 is 0 Å². The molecule has 1 saturated carbocycles. The number of aliphatic hydroxyl groups excluding tert-OH is 1. The molecule has 1 N–H and O–H groups in total. The van der Waals surface area contributed by atoms with Crippen molar-refractivity contribution in [3.05, 3.63) is 12.7 Å². The van der Waals surface area contributed by atoms with Gasteiger partial charge in [0, 0.05) is 0 Å². The molecule has 0 radical (unpaired) electrons. The standard InChI is InChI=1S/C9H16O/c1-3-4-8-5-6-9(10)7(8)2/h3,7-10H,1,4-6H2,2H3. The Bertz CT molecular complexity index is 120. The number of hydrogen-bond acceptors (Lipinski definition) is 1. The molecule has 0 saturated heterocycles. The van der Waals surface area contributed by atoms with Gasteiger partial charge in [0.2, 0.25) is 0 Å². The van der Waals surface area contributed by atoms with Crippen LogP contribution in [-0.2, 0) is 0 Å². The number of aliphatic hydroxyl groups is 1. The van der Waals surface area contributed by atoms with Crippen molar-refractivity contribution in [3.8, 4) is 0 Å². The summed E-state index contributed by atoms with van der Waals surface area (Å²) in [6.07, 6.45) is 5.14. The van der Waals surface area contributed by atoms with Crippen molar-refractivity contribution in [1.29, 1.82) is 0 Å². The van der Waals surface area contributed by atoms with E-state index in [0.717, 1.165) is 12.8 Å². The maximum atomic E-state index is 9.36. The van der Waals surface area contributed by atoms with Crippen molar-refractivity contribution in [2.24, 2.45) is 11.8 Å². The van der Waals surface area contributed by atoms with Gasteiger partial charge in [-0.2, -0.15) is 0 Å². The summed E-state index contributed by atoms with van der Waals surface area (Å²) in [6.45, 7) is 5.83. The van der Waals surface area contributed by atoms with Crippen molar-refractivity contribution >= 4 is 0 Å². The predicted molar refractivity (Wildman–Crippen MR) is 42.7 cm³/mol. The molecule has 1 nitrogen and oxygen atoms in total. The lowest BCUT2D eigenvalue weighted by molar-refractivity contribution is 0.128. The van der Waals surface area contributed by atoms with Gasteiger partial charge in [0.1, 0.15) is 0 Å². The summed E-state index contributed by atoms with van der Waals surface area (Å²) in [5.41, 5.74) is 0. The van der Waals surface area contributed by atoms with E-state index in [1.807, 2.05) is 6.08 Å². The zero-order chi connectivity index (χ0) is 7.56. The first kappa shape index (κ1) is 7.80. The maximum absolute atomic E-state index is 9.36. The molecular formula is C9H16O. The van der Waals surface area contributed by atoms with Gasteiger partial charge >= 0.3 is 0 Å². The van der Waals surface area contributed by atoms with Gasteiger partial charge in [-0.3, -0.25) is 0 Å². The Morgan fingerprint density at radius 1 is 1.60 bits per heavy atom. The van der Waals surface area contributed by atoms with Crippen molar-refractivity contribution in [2.45, 2.75) is 32.3 Å². The molecule has 1 aliphatic carbocycles. The van der Waals surface area contributed by atoms with Crippen molar-refractivity contribution in [2.75, 3.05) is 0 Å². The molecule has 10 heavy (non-hydrogen) atoms. The Kier molecular flexibility index (Phi) is 2.50. The van der Waals surface area contributed by atoms with E-state index in [2.05, 4.69) is 13.5 Å². The normalized spacial score (nSPS) is 40.0. The summed E-state index contributed by atoms with van der Waals surface area (Å²) in [6, 6.07) is 0. The van der Waals surface area contributed by atoms with Crippen molar-refractivity contribution in [1.82, 2.24) is 0 Å². The maximum Gasteiger partial charge on any atom is 0.0568 e. The van der Waals surface area contributed by atoms with Gasteiger partial charge in [-0.15, -0.1) is 6.58 Å². The van der Waals surface area contributed by atoms with Crippen LogP contribution in [0.2, 0.25) is 0 Å². The lowest BCUT2D eigenvalue weighted by Gasteiger charge is -2.14. The second-order valence-corrected chi connectivity index (χ2v) is 3.29. The highest BCUT2D eigenvalue weighted by atomic mass is 16.3. The summed E-state index contributed by atoms with van der Waals surface area (Å²) in [7, 11) is 0. The molecule has 0 aromatic heterocycles. The van der Waals surface area contributed by atoms with Gasteiger partial charge in [0.15, 0.2) is 0 Å². The Hall–Kier alpha value is -0.300. The van der Waals surface area contributed by atoms with Crippen LogP contribution in [0.3, 0.4) is 0 Å². The molecule has 3 unspecified atom stereocenters. The minimum Gasteiger partial charge on any atom is -0.393 e. The van der Waals surface area contributed by atoms with Crippen LogP contribution in [0.15, 0.2) is 12.7 Å². The largest absolute Gasteiger partial charge is 0.393 e. The number of rotatable bonds is 2. The van der Waals surface area contributed by atoms with E-state index < -0.39 is 0 Å². The molecule has 3 atom stereocenters. The van der Waals surface area contributed by atoms with Crippen LogP contribution in [0.1, 0.15) is 26.2 Å². The molecule has 0 bridgehead atoms. The van der Waals surface area contributed by atoms with Crippen LogP contribution < -0.4 is 0 Å². The van der Waals surface area contributed by atoms with Crippen LogP contribution in [0.25, 0.3) is 0 Å². The van der Waals surface area contributed by atoms with E-state index in [1.54, 1.807) is 0 Å². The van der Waals surface area contributed by atoms with Gasteiger partial charge in [-0.05, 0) is 31.1 Å². The SMILES string of the molecule is C=CCC1CCC(O)C1C. The second-order valence-electron chi connectivity index (χ2n) is 3.29. The monoisotopic (exact) mass is 140 g/mol. The Balaban J connectivity index is 2.40. The zero-order valence-corrected chi connectivity index (χ0v) is 6.59. The zero-order valence-electron chi connectivity index (χ0n) is 6.59. The number of hydrogen-bond donors (Lipinski definition) is 1. The van der Waals surface area contributed by atoms with E-state index in [9.17, 15) is 5.11 Å². The molecule has 0 aromatic rings. The average molecular weight is 140 g/mol. The lowest BCUT2D eigenvalue weighted by atomic mass is 9.94. The highest BCUT2D eigenvalue weighted by Crippen LogP contribution is 2.33. The third-order valence-electron chi connectivity index (χ3n) is 2.65. The molecule has 1 rings (SSSR count). The first-order chi connectivity index (χ1) is 4.75. The minimum atomic E-state index is -0.0510. The van der Waals surface area contributed by atoms with Crippen molar-refractivity contribution < 1.29 is 5.11 Å². The van der Waals surface area contributed by atoms with Gasteiger partial charge in [0.25, 0.3) is 0 Å². The molecule has 0 aromatic carbocycles. The predicted octanol–water partition coefficient (Wildman–Crippen LogP) is 1.97. The van der Waals surface area contributed by atoms with E-state index >= 15 is 0 Å². The summed E-state index contributed by atoms with van der Waals surface area (Å²) in [5.74, 6) is 1.17. The van der Waals surface area contributed by atoms with Gasteiger partial charge in [-0.1, -0.05) is 13.0 Å². The summed E-state index contributed by atoms with van der Waals surface area (Å²) in [4.78, 5) is 0. The Morgan fingerprint density at radius 2 is 2.30 bits per heavy atom. The molecule has 0 heterocycles. The Morgan fingerprint density at radius 3 is 2.70 bits per heavy atom. The molecule has 1 heteroatoms. The summed E-state index contributed by atoms with van der Waals surface area (Å²) >= 11 is 0. The second kappa shape index (κ2) is 3.20. The molecule has 1 aliphatic rings. The van der Waals surface area contributed by atoms with E-state index in [1.165, 1.54) is 6.42 Å². The Labute approximate surface area is 62.8 Å². The minimum absolute atomic E-state index is 0.0510. The number of allylic oxidation sites excluding steroid dienone is 1. The van der Waals surface area contributed by atoms with Crippen molar-refractivity contribution in [3.63, 3.8) is 0 Å². The smallest absolute Gasteiger partial charge is 0.0568 e. The fraction of sp³-hybridized carbons (Fsp3) is 0.778. The molecular weight excluding hydrogens is 124 g/mol. The van der Waals surface area contributed by atoms with Crippen LogP contribution in [0, 0.1) is 11.8 Å². The highest BCUT2D eigenvalue weighted by molar-refractivity contribution is 4.85. The van der Waals surface area contributed by atoms with Gasteiger partial charge in [0.05, 0.1) is 6.10 Å². The fourth-order valence-corrected chi connectivity index (χ4v) is 1.77. The third-order valence-corrected chi connectivity index (χ3v) is 2.65.